The number of halogens is 3. The summed E-state index contributed by atoms with van der Waals surface area (Å²) in [5.74, 6) is 0.962. The molecule has 0 saturated carbocycles. The van der Waals surface area contributed by atoms with Crippen LogP contribution in [0.4, 0.5) is 4.39 Å². The van der Waals surface area contributed by atoms with Gasteiger partial charge in [0.15, 0.2) is 5.82 Å². The zero-order valence-electron chi connectivity index (χ0n) is 11.4. The summed E-state index contributed by atoms with van der Waals surface area (Å²) in [7, 11) is 1.81. The van der Waals surface area contributed by atoms with Crippen LogP contribution < -0.4 is 0 Å². The van der Waals surface area contributed by atoms with Gasteiger partial charge >= 0.3 is 0 Å². The fraction of sp³-hybridized carbons (Fsp3) is 0.308. The number of rotatable bonds is 3. The molecule has 3 aromatic rings. The van der Waals surface area contributed by atoms with E-state index in [2.05, 4.69) is 31.0 Å². The van der Waals surface area contributed by atoms with Gasteiger partial charge in [-0.2, -0.15) is 5.10 Å². The molecule has 0 bridgehead atoms. The first-order valence-electron chi connectivity index (χ1n) is 6.29. The van der Waals surface area contributed by atoms with Crippen molar-refractivity contribution in [1.82, 2.24) is 24.3 Å². The van der Waals surface area contributed by atoms with E-state index < -0.39 is 0 Å². The van der Waals surface area contributed by atoms with Crippen molar-refractivity contribution in [2.24, 2.45) is 7.05 Å². The molecule has 1 aromatic carbocycles. The van der Waals surface area contributed by atoms with Crippen molar-refractivity contribution in [1.29, 1.82) is 0 Å². The van der Waals surface area contributed by atoms with Gasteiger partial charge in [0.1, 0.15) is 18.0 Å². The van der Waals surface area contributed by atoms with Crippen LogP contribution in [0.15, 0.2) is 22.9 Å². The average molecular weight is 373 g/mol. The van der Waals surface area contributed by atoms with Crippen LogP contribution in [-0.4, -0.2) is 24.3 Å². The van der Waals surface area contributed by atoms with Crippen LogP contribution in [0.5, 0.6) is 0 Å². The normalized spacial score (nSPS) is 13.0. The fourth-order valence-electron chi connectivity index (χ4n) is 2.21. The number of nitrogens with zero attached hydrogens (tertiary/aromatic N) is 5. The highest BCUT2D eigenvalue weighted by Crippen LogP contribution is 2.28. The average Bonchev–Trinajstić information content (AvgIpc) is 2.96. The molecule has 21 heavy (non-hydrogen) atoms. The standard InChI is InChI=1S/C13H12BrClFN5/c1-7(15)13-18-10-4-9(16)8(14)3-11(10)21(13)5-12-17-6-20(2)19-12/h3-4,6-7H,5H2,1-2H3. The van der Waals surface area contributed by atoms with Crippen LogP contribution in [0.3, 0.4) is 0 Å². The van der Waals surface area contributed by atoms with Gasteiger partial charge in [0.2, 0.25) is 0 Å². The summed E-state index contributed by atoms with van der Waals surface area (Å²) < 4.78 is 17.6. The summed E-state index contributed by atoms with van der Waals surface area (Å²) in [6, 6.07) is 3.09. The minimum absolute atomic E-state index is 0.303. The second-order valence-electron chi connectivity index (χ2n) is 4.76. The van der Waals surface area contributed by atoms with Crippen molar-refractivity contribution >= 4 is 38.6 Å². The van der Waals surface area contributed by atoms with E-state index in [4.69, 9.17) is 11.6 Å². The second-order valence-corrected chi connectivity index (χ2v) is 6.27. The number of hydrogen-bond donors (Lipinski definition) is 0. The van der Waals surface area contributed by atoms with Crippen molar-refractivity contribution in [3.63, 3.8) is 0 Å². The number of alkyl halides is 1. The van der Waals surface area contributed by atoms with Gasteiger partial charge in [0.25, 0.3) is 0 Å². The van der Waals surface area contributed by atoms with Gasteiger partial charge in [-0.25, -0.2) is 14.4 Å². The molecular formula is C13H12BrClFN5. The Morgan fingerprint density at radius 2 is 2.19 bits per heavy atom. The first-order valence-corrected chi connectivity index (χ1v) is 7.52. The van der Waals surface area contributed by atoms with E-state index in [1.54, 1.807) is 24.1 Å². The van der Waals surface area contributed by atoms with Gasteiger partial charge < -0.3 is 4.57 Å². The Balaban J connectivity index is 2.17. The lowest BCUT2D eigenvalue weighted by Gasteiger charge is -2.08. The predicted octanol–water partition coefficient (Wildman–Crippen LogP) is 3.41. The summed E-state index contributed by atoms with van der Waals surface area (Å²) in [5.41, 5.74) is 1.35. The van der Waals surface area contributed by atoms with Crippen LogP contribution in [0.2, 0.25) is 0 Å². The largest absolute Gasteiger partial charge is 0.319 e. The molecule has 0 aliphatic heterocycles. The highest BCUT2D eigenvalue weighted by Gasteiger charge is 2.18. The smallest absolute Gasteiger partial charge is 0.170 e. The molecule has 8 heteroatoms. The Hall–Kier alpha value is -1.47. The van der Waals surface area contributed by atoms with E-state index in [1.807, 2.05) is 11.5 Å². The molecule has 0 fully saturated rings. The minimum Gasteiger partial charge on any atom is -0.319 e. The summed E-state index contributed by atoms with van der Waals surface area (Å²) in [5, 5.41) is 3.96. The summed E-state index contributed by atoms with van der Waals surface area (Å²) in [6.07, 6.45) is 1.63. The minimum atomic E-state index is -0.350. The molecule has 110 valence electrons. The van der Waals surface area contributed by atoms with Crippen LogP contribution in [0.25, 0.3) is 11.0 Å². The molecule has 5 nitrogen and oxygen atoms in total. The van der Waals surface area contributed by atoms with E-state index in [0.717, 1.165) is 5.52 Å². The molecule has 0 amide bonds. The third-order valence-electron chi connectivity index (χ3n) is 3.12. The monoisotopic (exact) mass is 371 g/mol. The highest BCUT2D eigenvalue weighted by atomic mass is 79.9. The van der Waals surface area contributed by atoms with E-state index in [9.17, 15) is 4.39 Å². The molecular weight excluding hydrogens is 361 g/mol. The van der Waals surface area contributed by atoms with Crippen LogP contribution in [-0.2, 0) is 13.6 Å². The van der Waals surface area contributed by atoms with Crippen molar-refractivity contribution < 1.29 is 4.39 Å². The number of imidazole rings is 1. The molecule has 0 aliphatic carbocycles. The van der Waals surface area contributed by atoms with Crippen molar-refractivity contribution in [2.45, 2.75) is 18.8 Å². The summed E-state index contributed by atoms with van der Waals surface area (Å²) in [4.78, 5) is 8.64. The van der Waals surface area contributed by atoms with Crippen molar-refractivity contribution in [3.8, 4) is 0 Å². The lowest BCUT2D eigenvalue weighted by atomic mass is 10.3. The Morgan fingerprint density at radius 1 is 1.43 bits per heavy atom. The van der Waals surface area contributed by atoms with Crippen molar-refractivity contribution in [3.05, 3.63) is 40.4 Å². The molecule has 0 saturated heterocycles. The van der Waals surface area contributed by atoms with Gasteiger partial charge in [-0.05, 0) is 28.9 Å². The van der Waals surface area contributed by atoms with Crippen LogP contribution >= 0.6 is 27.5 Å². The van der Waals surface area contributed by atoms with Gasteiger partial charge in [0.05, 0.1) is 27.4 Å². The SMILES string of the molecule is CC(Cl)c1nc2cc(F)c(Br)cc2n1Cc1ncn(C)n1. The van der Waals surface area contributed by atoms with Crippen LogP contribution in [0.1, 0.15) is 23.9 Å². The van der Waals surface area contributed by atoms with Gasteiger partial charge in [-0.3, -0.25) is 4.68 Å². The quantitative estimate of drug-likeness (QED) is 0.662. The third-order valence-corrected chi connectivity index (χ3v) is 3.93. The first-order chi connectivity index (χ1) is 9.95. The predicted molar refractivity (Wildman–Crippen MR) is 81.8 cm³/mol. The van der Waals surface area contributed by atoms with Crippen LogP contribution in [0, 0.1) is 5.82 Å². The number of benzene rings is 1. The maximum atomic E-state index is 13.7. The topological polar surface area (TPSA) is 48.5 Å². The Labute approximate surface area is 133 Å². The molecule has 2 aromatic heterocycles. The lowest BCUT2D eigenvalue weighted by molar-refractivity contribution is 0.622. The molecule has 2 heterocycles. The zero-order valence-corrected chi connectivity index (χ0v) is 13.7. The number of aryl methyl sites for hydroxylation is 1. The van der Waals surface area contributed by atoms with Gasteiger partial charge in [0, 0.05) is 13.1 Å². The lowest BCUT2D eigenvalue weighted by Crippen LogP contribution is -2.07. The van der Waals surface area contributed by atoms with Gasteiger partial charge in [-0.1, -0.05) is 0 Å². The fourth-order valence-corrected chi connectivity index (χ4v) is 2.70. The van der Waals surface area contributed by atoms with E-state index in [1.165, 1.54) is 6.07 Å². The third kappa shape index (κ3) is 2.67. The maximum Gasteiger partial charge on any atom is 0.170 e. The Morgan fingerprint density at radius 3 is 2.81 bits per heavy atom. The zero-order chi connectivity index (χ0) is 15.1. The molecule has 0 spiro atoms. The molecule has 1 atom stereocenters. The Kier molecular flexibility index (Phi) is 3.71. The highest BCUT2D eigenvalue weighted by molar-refractivity contribution is 9.10. The van der Waals surface area contributed by atoms with E-state index in [-0.39, 0.29) is 11.2 Å². The second kappa shape index (κ2) is 5.38. The molecule has 3 rings (SSSR count). The van der Waals surface area contributed by atoms with Gasteiger partial charge in [-0.15, -0.1) is 11.6 Å². The molecule has 0 radical (unpaired) electrons. The molecule has 0 aliphatic rings. The summed E-state index contributed by atoms with van der Waals surface area (Å²) in [6.45, 7) is 2.26. The first kappa shape index (κ1) is 14.5. The molecule has 0 N–H and O–H groups in total. The molecule has 1 unspecified atom stereocenters. The summed E-state index contributed by atoms with van der Waals surface area (Å²) >= 11 is 9.40. The maximum absolute atomic E-state index is 13.7. The van der Waals surface area contributed by atoms with Crippen molar-refractivity contribution in [2.75, 3.05) is 0 Å². The Bertz CT molecular complexity index is 810. The number of aromatic nitrogens is 5. The number of hydrogen-bond acceptors (Lipinski definition) is 3. The van der Waals surface area contributed by atoms with E-state index >= 15 is 0 Å². The number of fused-ring (bicyclic) bond motifs is 1. The van der Waals surface area contributed by atoms with E-state index in [0.29, 0.717) is 28.2 Å².